The maximum absolute atomic E-state index is 11.8. The van der Waals surface area contributed by atoms with Gasteiger partial charge in [-0.05, 0) is 24.8 Å². The molecule has 23 heavy (non-hydrogen) atoms. The number of hydrogen-bond acceptors (Lipinski definition) is 3. The maximum Gasteiger partial charge on any atom is 0.303 e. The number of unbranched alkanes of at least 4 members (excludes halogenated alkanes) is 1. The fourth-order valence-corrected chi connectivity index (χ4v) is 2.11. The lowest BCUT2D eigenvalue weighted by Crippen LogP contribution is -2.41. The molecule has 0 saturated carbocycles. The largest absolute Gasteiger partial charge is 0.481 e. The second-order valence-corrected chi connectivity index (χ2v) is 5.38. The summed E-state index contributed by atoms with van der Waals surface area (Å²) in [5.41, 5.74) is 1.12. The number of carbonyl (C=O) groups is 3. The Morgan fingerprint density at radius 3 is 2.43 bits per heavy atom. The van der Waals surface area contributed by atoms with Crippen molar-refractivity contribution in [3.05, 3.63) is 35.9 Å². The lowest BCUT2D eigenvalue weighted by atomic mass is 10.1. The van der Waals surface area contributed by atoms with E-state index in [2.05, 4.69) is 5.32 Å². The Kier molecular flexibility index (Phi) is 8.42. The number of nitrogens with one attached hydrogen (secondary N) is 1. The van der Waals surface area contributed by atoms with E-state index >= 15 is 0 Å². The molecule has 2 N–H and O–H groups in total. The topological polar surface area (TPSA) is 86.7 Å². The molecule has 0 aliphatic carbocycles. The second-order valence-electron chi connectivity index (χ2n) is 5.38. The van der Waals surface area contributed by atoms with Crippen LogP contribution in [0.3, 0.4) is 0 Å². The summed E-state index contributed by atoms with van der Waals surface area (Å²) in [4.78, 5) is 35.4. The van der Waals surface area contributed by atoms with Crippen LogP contribution in [0.25, 0.3) is 0 Å². The highest BCUT2D eigenvalue weighted by molar-refractivity contribution is 5.83. The summed E-state index contributed by atoms with van der Waals surface area (Å²) in [6.07, 6.45) is 1.95. The lowest BCUT2D eigenvalue weighted by molar-refractivity contribution is -0.137. The van der Waals surface area contributed by atoms with Gasteiger partial charge in [0.15, 0.2) is 0 Å². The van der Waals surface area contributed by atoms with E-state index in [0.717, 1.165) is 5.56 Å². The molecule has 1 aromatic rings. The molecule has 0 atom stereocenters. The molecule has 1 rings (SSSR count). The third-order valence-corrected chi connectivity index (χ3v) is 3.43. The Bertz CT molecular complexity index is 517. The van der Waals surface area contributed by atoms with Crippen LogP contribution in [0.15, 0.2) is 30.3 Å². The fraction of sp³-hybridized carbons (Fsp3) is 0.471. The highest BCUT2D eigenvalue weighted by Gasteiger charge is 2.13. The third kappa shape index (κ3) is 8.60. The zero-order chi connectivity index (χ0) is 17.1. The molecular weight excluding hydrogens is 296 g/mol. The molecule has 0 unspecified atom stereocenters. The third-order valence-electron chi connectivity index (χ3n) is 3.43. The van der Waals surface area contributed by atoms with Gasteiger partial charge in [-0.25, -0.2) is 0 Å². The van der Waals surface area contributed by atoms with Crippen molar-refractivity contribution < 1.29 is 19.5 Å². The van der Waals surface area contributed by atoms with E-state index in [9.17, 15) is 14.4 Å². The van der Waals surface area contributed by atoms with Gasteiger partial charge >= 0.3 is 5.97 Å². The molecule has 0 aliphatic heterocycles. The number of aliphatic carboxylic acids is 1. The van der Waals surface area contributed by atoms with Crippen LogP contribution in [0.1, 0.15) is 31.7 Å². The van der Waals surface area contributed by atoms with E-state index in [1.165, 1.54) is 11.8 Å². The second kappa shape index (κ2) is 10.4. The van der Waals surface area contributed by atoms with Gasteiger partial charge in [-0.3, -0.25) is 14.4 Å². The van der Waals surface area contributed by atoms with Crippen LogP contribution in [0, 0.1) is 0 Å². The van der Waals surface area contributed by atoms with Crippen molar-refractivity contribution in [2.45, 2.75) is 32.6 Å². The highest BCUT2D eigenvalue weighted by atomic mass is 16.4. The molecule has 2 amide bonds. The molecular formula is C17H24N2O4. The van der Waals surface area contributed by atoms with E-state index in [-0.39, 0.29) is 24.8 Å². The van der Waals surface area contributed by atoms with Gasteiger partial charge in [0.05, 0.1) is 6.54 Å². The van der Waals surface area contributed by atoms with Crippen molar-refractivity contribution in [1.29, 1.82) is 0 Å². The van der Waals surface area contributed by atoms with E-state index in [0.29, 0.717) is 32.4 Å². The number of carbonyl (C=O) groups excluding carboxylic acids is 2. The van der Waals surface area contributed by atoms with Crippen molar-refractivity contribution in [3.8, 4) is 0 Å². The van der Waals surface area contributed by atoms with Crippen LogP contribution in [-0.4, -0.2) is 47.4 Å². The number of rotatable bonds is 10. The Balaban J connectivity index is 2.30. The predicted octanol–water partition coefficient (Wildman–Crippen LogP) is 1.45. The summed E-state index contributed by atoms with van der Waals surface area (Å²) < 4.78 is 0. The van der Waals surface area contributed by atoms with Crippen LogP contribution in [0.2, 0.25) is 0 Å². The van der Waals surface area contributed by atoms with Crippen LogP contribution < -0.4 is 5.32 Å². The normalized spacial score (nSPS) is 10.1. The van der Waals surface area contributed by atoms with Gasteiger partial charge in [0.1, 0.15) is 0 Å². The predicted molar refractivity (Wildman–Crippen MR) is 86.9 cm³/mol. The van der Waals surface area contributed by atoms with Gasteiger partial charge < -0.3 is 15.3 Å². The Morgan fingerprint density at radius 2 is 1.83 bits per heavy atom. The molecule has 0 radical (unpaired) electrons. The minimum absolute atomic E-state index is 0.0289. The molecule has 126 valence electrons. The number of benzene rings is 1. The molecule has 0 bridgehead atoms. The molecule has 0 aromatic heterocycles. The van der Waals surface area contributed by atoms with Crippen molar-refractivity contribution in [3.63, 3.8) is 0 Å². The van der Waals surface area contributed by atoms with E-state index < -0.39 is 5.97 Å². The number of nitrogens with zero attached hydrogens (tertiary/aromatic N) is 1. The van der Waals surface area contributed by atoms with Crippen molar-refractivity contribution in [1.82, 2.24) is 10.2 Å². The first kappa shape index (κ1) is 18.7. The summed E-state index contributed by atoms with van der Waals surface area (Å²) >= 11 is 0. The number of amides is 2. The fourth-order valence-electron chi connectivity index (χ4n) is 2.11. The van der Waals surface area contributed by atoms with E-state index in [1.54, 1.807) is 0 Å². The van der Waals surface area contributed by atoms with Gasteiger partial charge in [-0.1, -0.05) is 30.3 Å². The van der Waals surface area contributed by atoms with Gasteiger partial charge in [0.25, 0.3) is 0 Å². The van der Waals surface area contributed by atoms with Crippen LogP contribution in [0.4, 0.5) is 0 Å². The van der Waals surface area contributed by atoms with Gasteiger partial charge in [0.2, 0.25) is 11.8 Å². The summed E-state index contributed by atoms with van der Waals surface area (Å²) in [6.45, 7) is 2.40. The summed E-state index contributed by atoms with van der Waals surface area (Å²) in [5, 5.41) is 11.2. The number of carboxylic acids is 1. The summed E-state index contributed by atoms with van der Waals surface area (Å²) in [5.74, 6) is -1.19. The number of carboxylic acid groups (broad SMARTS) is 1. The Hall–Kier alpha value is -2.37. The highest BCUT2D eigenvalue weighted by Crippen LogP contribution is 2.02. The van der Waals surface area contributed by atoms with E-state index in [4.69, 9.17) is 5.11 Å². The molecule has 0 saturated heterocycles. The minimum atomic E-state index is -0.833. The van der Waals surface area contributed by atoms with E-state index in [1.807, 2.05) is 30.3 Å². The molecule has 0 aliphatic rings. The first-order valence-corrected chi connectivity index (χ1v) is 7.77. The molecule has 0 spiro atoms. The Labute approximate surface area is 136 Å². The quantitative estimate of drug-likeness (QED) is 0.639. The maximum atomic E-state index is 11.8. The number of hydrogen-bond donors (Lipinski definition) is 2. The van der Waals surface area contributed by atoms with Gasteiger partial charge in [0, 0.05) is 26.4 Å². The summed E-state index contributed by atoms with van der Waals surface area (Å²) in [6, 6.07) is 9.79. The Morgan fingerprint density at radius 1 is 1.13 bits per heavy atom. The average Bonchev–Trinajstić information content (AvgIpc) is 2.51. The van der Waals surface area contributed by atoms with Crippen molar-refractivity contribution in [2.75, 3.05) is 19.6 Å². The SMILES string of the molecule is CC(=O)N(CCc1ccccc1)CC(=O)NCCCCC(=O)O. The first-order valence-electron chi connectivity index (χ1n) is 7.77. The zero-order valence-corrected chi connectivity index (χ0v) is 13.5. The average molecular weight is 320 g/mol. The molecule has 6 nitrogen and oxygen atoms in total. The summed E-state index contributed by atoms with van der Waals surface area (Å²) in [7, 11) is 0. The van der Waals surface area contributed by atoms with Gasteiger partial charge in [-0.15, -0.1) is 0 Å². The van der Waals surface area contributed by atoms with Crippen LogP contribution in [0.5, 0.6) is 0 Å². The molecule has 0 heterocycles. The van der Waals surface area contributed by atoms with Crippen molar-refractivity contribution >= 4 is 17.8 Å². The molecule has 1 aromatic carbocycles. The first-order chi connectivity index (χ1) is 11.0. The van der Waals surface area contributed by atoms with Crippen LogP contribution >= 0.6 is 0 Å². The molecule has 6 heteroatoms. The van der Waals surface area contributed by atoms with Crippen LogP contribution in [-0.2, 0) is 20.8 Å². The zero-order valence-electron chi connectivity index (χ0n) is 13.5. The standard InChI is InChI=1S/C17H24N2O4/c1-14(20)19(12-10-15-7-3-2-4-8-15)13-16(21)18-11-6-5-9-17(22)23/h2-4,7-8H,5-6,9-13H2,1H3,(H,18,21)(H,22,23). The minimum Gasteiger partial charge on any atom is -0.481 e. The van der Waals surface area contributed by atoms with Gasteiger partial charge in [-0.2, -0.15) is 0 Å². The smallest absolute Gasteiger partial charge is 0.303 e. The van der Waals surface area contributed by atoms with Crippen molar-refractivity contribution in [2.24, 2.45) is 0 Å². The molecule has 0 fully saturated rings. The lowest BCUT2D eigenvalue weighted by Gasteiger charge is -2.20. The monoisotopic (exact) mass is 320 g/mol.